The van der Waals surface area contributed by atoms with E-state index in [-0.39, 0.29) is 18.7 Å². The molecule has 0 saturated carbocycles. The van der Waals surface area contributed by atoms with Crippen molar-refractivity contribution in [1.29, 1.82) is 0 Å². The summed E-state index contributed by atoms with van der Waals surface area (Å²) < 4.78 is 0. The minimum Gasteiger partial charge on any atom is -0.395 e. The first kappa shape index (κ1) is 16.2. The van der Waals surface area contributed by atoms with Crippen molar-refractivity contribution in [2.75, 3.05) is 39.8 Å². The number of carbonyl (C=O) groups excluding carboxylic acids is 1. The zero-order valence-corrected chi connectivity index (χ0v) is 12.7. The largest absolute Gasteiger partial charge is 0.395 e. The number of aliphatic hydroxyl groups is 1. The van der Waals surface area contributed by atoms with Crippen LogP contribution in [0.3, 0.4) is 0 Å². The maximum atomic E-state index is 11.8. The van der Waals surface area contributed by atoms with E-state index >= 15 is 0 Å². The second kappa shape index (κ2) is 7.70. The Morgan fingerprint density at radius 3 is 2.53 bits per heavy atom. The molecule has 1 saturated heterocycles. The highest BCUT2D eigenvalue weighted by atomic mass is 16.3. The number of amides is 2. The van der Waals surface area contributed by atoms with Crippen molar-refractivity contribution in [3.05, 3.63) is 0 Å². The molecule has 0 spiro atoms. The van der Waals surface area contributed by atoms with Crippen molar-refractivity contribution < 1.29 is 9.90 Å². The van der Waals surface area contributed by atoms with Gasteiger partial charge < -0.3 is 20.2 Å². The van der Waals surface area contributed by atoms with E-state index in [4.69, 9.17) is 5.11 Å². The molecule has 1 aliphatic heterocycles. The minimum atomic E-state index is -0.111. The van der Waals surface area contributed by atoms with Gasteiger partial charge in [0.15, 0.2) is 0 Å². The Hall–Kier alpha value is -0.810. The molecule has 0 bridgehead atoms. The third-order valence-electron chi connectivity index (χ3n) is 3.63. The van der Waals surface area contributed by atoms with E-state index in [2.05, 4.69) is 24.1 Å². The number of nitrogens with zero attached hydrogens (tertiary/aromatic N) is 2. The minimum absolute atomic E-state index is 0.000540. The van der Waals surface area contributed by atoms with Gasteiger partial charge in [-0.2, -0.15) is 0 Å². The average molecular weight is 271 g/mol. The maximum absolute atomic E-state index is 11.8. The van der Waals surface area contributed by atoms with Gasteiger partial charge in [0.25, 0.3) is 0 Å². The molecule has 2 N–H and O–H groups in total. The van der Waals surface area contributed by atoms with E-state index in [9.17, 15) is 4.79 Å². The molecule has 1 aliphatic rings. The summed E-state index contributed by atoms with van der Waals surface area (Å²) in [5.74, 6) is 1.48. The highest BCUT2D eigenvalue weighted by molar-refractivity contribution is 5.74. The third-order valence-corrected chi connectivity index (χ3v) is 3.63. The molecule has 0 radical (unpaired) electrons. The summed E-state index contributed by atoms with van der Waals surface area (Å²) in [7, 11) is 1.70. The predicted octanol–water partition coefficient (Wildman–Crippen LogP) is 0.986. The Morgan fingerprint density at radius 2 is 2.00 bits per heavy atom. The van der Waals surface area contributed by atoms with Crippen LogP contribution in [-0.4, -0.2) is 66.8 Å². The Morgan fingerprint density at radius 1 is 1.42 bits per heavy atom. The van der Waals surface area contributed by atoms with Crippen LogP contribution in [0.15, 0.2) is 0 Å². The van der Waals surface area contributed by atoms with Crippen molar-refractivity contribution in [1.82, 2.24) is 15.1 Å². The van der Waals surface area contributed by atoms with Crippen LogP contribution in [0.5, 0.6) is 0 Å². The van der Waals surface area contributed by atoms with E-state index in [0.717, 1.165) is 31.5 Å². The lowest BCUT2D eigenvalue weighted by atomic mass is 9.92. The summed E-state index contributed by atoms with van der Waals surface area (Å²) in [5.41, 5.74) is 0. The zero-order valence-electron chi connectivity index (χ0n) is 12.7. The van der Waals surface area contributed by atoms with Crippen LogP contribution in [0, 0.1) is 11.8 Å². The Balaban J connectivity index is 2.34. The molecule has 0 aromatic carbocycles. The fraction of sp³-hybridized carbons (Fsp3) is 0.929. The molecule has 0 aliphatic carbocycles. The van der Waals surface area contributed by atoms with Gasteiger partial charge in [0, 0.05) is 39.3 Å². The summed E-state index contributed by atoms with van der Waals surface area (Å²) >= 11 is 0. The van der Waals surface area contributed by atoms with Gasteiger partial charge in [0.2, 0.25) is 0 Å². The Labute approximate surface area is 117 Å². The number of aliphatic hydroxyl groups excluding tert-OH is 1. The molecule has 1 heterocycles. The fourth-order valence-electron chi connectivity index (χ4n) is 2.95. The number of piperidine rings is 1. The van der Waals surface area contributed by atoms with Crippen molar-refractivity contribution in [3.63, 3.8) is 0 Å². The number of nitrogens with one attached hydrogen (secondary N) is 1. The van der Waals surface area contributed by atoms with Crippen molar-refractivity contribution in [2.45, 2.75) is 33.2 Å². The van der Waals surface area contributed by atoms with Gasteiger partial charge in [-0.3, -0.25) is 0 Å². The van der Waals surface area contributed by atoms with Crippen LogP contribution < -0.4 is 5.32 Å². The third kappa shape index (κ3) is 5.78. The first-order valence-electron chi connectivity index (χ1n) is 7.27. The average Bonchev–Trinajstić information content (AvgIpc) is 2.27. The molecule has 5 heteroatoms. The van der Waals surface area contributed by atoms with Gasteiger partial charge in [-0.15, -0.1) is 0 Å². The molecule has 3 atom stereocenters. The van der Waals surface area contributed by atoms with Crippen LogP contribution in [0.1, 0.15) is 27.2 Å². The number of hydrogen-bond donors (Lipinski definition) is 2. The van der Waals surface area contributed by atoms with E-state index in [1.807, 2.05) is 6.92 Å². The summed E-state index contributed by atoms with van der Waals surface area (Å²) in [6, 6.07) is 0.0193. The number of carbonyl (C=O) groups is 1. The van der Waals surface area contributed by atoms with E-state index in [0.29, 0.717) is 6.54 Å². The van der Waals surface area contributed by atoms with Gasteiger partial charge in [-0.05, 0) is 25.2 Å². The van der Waals surface area contributed by atoms with Gasteiger partial charge in [0.05, 0.1) is 6.61 Å². The van der Waals surface area contributed by atoms with Crippen LogP contribution in [0.25, 0.3) is 0 Å². The topological polar surface area (TPSA) is 55.8 Å². The standard InChI is InChI=1S/C14H29N3O2/c1-11-7-12(2)9-17(8-11)10-13(3)15-14(19)16(4)5-6-18/h11-13,18H,5-10H2,1-4H3,(H,15,19). The van der Waals surface area contributed by atoms with E-state index in [1.54, 1.807) is 7.05 Å². The van der Waals surface area contributed by atoms with Gasteiger partial charge in [-0.1, -0.05) is 13.8 Å². The lowest BCUT2D eigenvalue weighted by molar-refractivity contribution is 0.129. The molecule has 1 fully saturated rings. The Bertz CT molecular complexity index is 276. The molecule has 0 aromatic rings. The number of rotatable bonds is 5. The number of hydrogen-bond acceptors (Lipinski definition) is 3. The summed E-state index contributed by atoms with van der Waals surface area (Å²) in [6.45, 7) is 10.1. The molecule has 2 amide bonds. The first-order valence-corrected chi connectivity index (χ1v) is 7.27. The van der Waals surface area contributed by atoms with Crippen LogP contribution in [0.4, 0.5) is 4.79 Å². The SMILES string of the molecule is CC1CC(C)CN(CC(C)NC(=O)N(C)CCO)C1. The lowest BCUT2D eigenvalue weighted by Gasteiger charge is -2.36. The quantitative estimate of drug-likeness (QED) is 0.784. The van der Waals surface area contributed by atoms with Gasteiger partial charge >= 0.3 is 6.03 Å². The van der Waals surface area contributed by atoms with Crippen molar-refractivity contribution in [2.24, 2.45) is 11.8 Å². The Kier molecular flexibility index (Phi) is 6.58. The van der Waals surface area contributed by atoms with E-state index in [1.165, 1.54) is 11.3 Å². The van der Waals surface area contributed by atoms with Crippen molar-refractivity contribution in [3.8, 4) is 0 Å². The fourth-order valence-corrected chi connectivity index (χ4v) is 2.95. The number of likely N-dealkylation sites (tertiary alicyclic amines) is 1. The van der Waals surface area contributed by atoms with Gasteiger partial charge in [0.1, 0.15) is 0 Å². The highest BCUT2D eigenvalue weighted by Crippen LogP contribution is 2.20. The zero-order chi connectivity index (χ0) is 14.4. The highest BCUT2D eigenvalue weighted by Gasteiger charge is 2.23. The van der Waals surface area contributed by atoms with Crippen LogP contribution >= 0.6 is 0 Å². The summed E-state index contributed by atoms with van der Waals surface area (Å²) in [4.78, 5) is 15.8. The molecule has 0 aromatic heterocycles. The smallest absolute Gasteiger partial charge is 0.317 e. The number of likely N-dealkylation sites (N-methyl/N-ethyl adjacent to an activating group) is 1. The maximum Gasteiger partial charge on any atom is 0.317 e. The molecular weight excluding hydrogens is 242 g/mol. The normalized spacial score (nSPS) is 25.9. The van der Waals surface area contributed by atoms with Crippen molar-refractivity contribution >= 4 is 6.03 Å². The molecule has 3 unspecified atom stereocenters. The second-order valence-electron chi connectivity index (χ2n) is 6.16. The predicted molar refractivity (Wildman–Crippen MR) is 77.1 cm³/mol. The number of urea groups is 1. The first-order chi connectivity index (χ1) is 8.92. The molecule has 5 nitrogen and oxygen atoms in total. The van der Waals surface area contributed by atoms with Crippen LogP contribution in [-0.2, 0) is 0 Å². The van der Waals surface area contributed by atoms with Gasteiger partial charge in [-0.25, -0.2) is 4.79 Å². The summed E-state index contributed by atoms with van der Waals surface area (Å²) in [6.07, 6.45) is 1.30. The molecule has 112 valence electrons. The lowest BCUT2D eigenvalue weighted by Crippen LogP contribution is -2.49. The van der Waals surface area contributed by atoms with E-state index < -0.39 is 0 Å². The monoisotopic (exact) mass is 271 g/mol. The summed E-state index contributed by atoms with van der Waals surface area (Å²) in [5, 5.41) is 11.8. The second-order valence-corrected chi connectivity index (χ2v) is 6.16. The molecule has 19 heavy (non-hydrogen) atoms. The molecule has 1 rings (SSSR count). The molecular formula is C14H29N3O2. The van der Waals surface area contributed by atoms with Crippen LogP contribution in [0.2, 0.25) is 0 Å².